The molecule has 0 radical (unpaired) electrons. The number of carbonyl (C=O) groups excluding carboxylic acids is 1. The van der Waals surface area contributed by atoms with Gasteiger partial charge in [0.05, 0.1) is 0 Å². The second-order valence-corrected chi connectivity index (χ2v) is 10.2. The molecule has 0 aliphatic carbocycles. The average molecular weight is 437 g/mol. The molecule has 0 amide bonds. The molecule has 0 aliphatic heterocycles. The summed E-state index contributed by atoms with van der Waals surface area (Å²) < 4.78 is 0. The van der Waals surface area contributed by atoms with Gasteiger partial charge in [-0.25, -0.2) is 0 Å². The van der Waals surface area contributed by atoms with E-state index >= 15 is 0 Å². The summed E-state index contributed by atoms with van der Waals surface area (Å²) in [5, 5.41) is 0. The predicted octanol–water partition coefficient (Wildman–Crippen LogP) is 11.0. The number of ketones is 1. The zero-order chi connectivity index (χ0) is 22.8. The molecule has 31 heavy (non-hydrogen) atoms. The molecular weight excluding hydrogens is 376 g/mol. The molecule has 0 saturated heterocycles. The standard InChI is InChI=1S/C30H60O/c1-4-7-10-13-15-16-17-18-19-20-22-25-28-30(31)29(26-23-12-9-6-3)27-24-21-14-11-8-5-2/h29H,4-28H2,1-3H3. The maximum Gasteiger partial charge on any atom is 0.135 e. The lowest BCUT2D eigenvalue weighted by molar-refractivity contribution is -0.123. The van der Waals surface area contributed by atoms with Crippen molar-refractivity contribution in [2.24, 2.45) is 5.92 Å². The summed E-state index contributed by atoms with van der Waals surface area (Å²) in [6.07, 6.45) is 32.8. The summed E-state index contributed by atoms with van der Waals surface area (Å²) in [6, 6.07) is 0. The Hall–Kier alpha value is -0.330. The van der Waals surface area contributed by atoms with Crippen LogP contribution in [0.3, 0.4) is 0 Å². The molecule has 0 rings (SSSR count). The van der Waals surface area contributed by atoms with E-state index < -0.39 is 0 Å². The van der Waals surface area contributed by atoms with Gasteiger partial charge in [0.2, 0.25) is 0 Å². The quantitative estimate of drug-likeness (QED) is 0.123. The van der Waals surface area contributed by atoms with Crippen molar-refractivity contribution >= 4 is 5.78 Å². The largest absolute Gasteiger partial charge is 0.299 e. The zero-order valence-electron chi connectivity index (χ0n) is 22.2. The van der Waals surface area contributed by atoms with Gasteiger partial charge in [-0.2, -0.15) is 0 Å². The van der Waals surface area contributed by atoms with Crippen LogP contribution in [0.25, 0.3) is 0 Å². The normalized spacial score (nSPS) is 12.4. The van der Waals surface area contributed by atoms with Crippen molar-refractivity contribution in [1.82, 2.24) is 0 Å². The fourth-order valence-electron chi connectivity index (χ4n) is 4.80. The second-order valence-electron chi connectivity index (χ2n) is 10.2. The first-order valence-corrected chi connectivity index (χ1v) is 14.8. The Labute approximate surface area is 197 Å². The first-order valence-electron chi connectivity index (χ1n) is 14.8. The fourth-order valence-corrected chi connectivity index (χ4v) is 4.80. The summed E-state index contributed by atoms with van der Waals surface area (Å²) >= 11 is 0. The van der Waals surface area contributed by atoms with E-state index in [1.807, 2.05) is 0 Å². The predicted molar refractivity (Wildman–Crippen MR) is 141 cm³/mol. The van der Waals surface area contributed by atoms with Gasteiger partial charge in [-0.15, -0.1) is 0 Å². The van der Waals surface area contributed by atoms with Gasteiger partial charge in [-0.1, -0.05) is 156 Å². The molecule has 0 aliphatic rings. The van der Waals surface area contributed by atoms with Gasteiger partial charge in [0.15, 0.2) is 0 Å². The van der Waals surface area contributed by atoms with Crippen LogP contribution in [0.5, 0.6) is 0 Å². The lowest BCUT2D eigenvalue weighted by atomic mass is 9.88. The van der Waals surface area contributed by atoms with Crippen LogP contribution in [-0.2, 0) is 4.79 Å². The molecule has 0 heterocycles. The number of Topliss-reactive ketones (excluding diaryl/α,β-unsaturated/α-hetero) is 1. The number of hydrogen-bond acceptors (Lipinski definition) is 1. The third-order valence-corrected chi connectivity index (χ3v) is 7.04. The highest BCUT2D eigenvalue weighted by molar-refractivity contribution is 5.80. The van der Waals surface area contributed by atoms with E-state index in [1.165, 1.54) is 135 Å². The molecule has 0 aromatic carbocycles. The third kappa shape index (κ3) is 22.6. The Balaban J connectivity index is 3.80. The fraction of sp³-hybridized carbons (Fsp3) is 0.967. The second kappa shape index (κ2) is 25.9. The van der Waals surface area contributed by atoms with Crippen molar-refractivity contribution in [2.45, 2.75) is 181 Å². The van der Waals surface area contributed by atoms with Gasteiger partial charge in [0, 0.05) is 12.3 Å². The maximum absolute atomic E-state index is 12.9. The van der Waals surface area contributed by atoms with E-state index in [-0.39, 0.29) is 0 Å². The van der Waals surface area contributed by atoms with Crippen molar-refractivity contribution in [3.63, 3.8) is 0 Å². The molecule has 1 atom stereocenters. The monoisotopic (exact) mass is 436 g/mol. The van der Waals surface area contributed by atoms with Crippen LogP contribution < -0.4 is 0 Å². The molecule has 186 valence electrons. The van der Waals surface area contributed by atoms with Crippen LogP contribution in [0.2, 0.25) is 0 Å². The minimum Gasteiger partial charge on any atom is -0.299 e. The molecular formula is C30H60O. The van der Waals surface area contributed by atoms with Crippen molar-refractivity contribution in [3.8, 4) is 0 Å². The van der Waals surface area contributed by atoms with Crippen molar-refractivity contribution in [1.29, 1.82) is 0 Å². The van der Waals surface area contributed by atoms with E-state index in [2.05, 4.69) is 20.8 Å². The zero-order valence-corrected chi connectivity index (χ0v) is 22.2. The Morgan fingerprint density at radius 1 is 0.419 bits per heavy atom. The number of unbranched alkanes of at least 4 members (excludes halogenated alkanes) is 19. The van der Waals surface area contributed by atoms with Gasteiger partial charge in [0.1, 0.15) is 5.78 Å². The van der Waals surface area contributed by atoms with Gasteiger partial charge >= 0.3 is 0 Å². The van der Waals surface area contributed by atoms with Gasteiger partial charge in [-0.05, 0) is 19.3 Å². The molecule has 0 fully saturated rings. The highest BCUT2D eigenvalue weighted by Gasteiger charge is 2.17. The number of hydrogen-bond donors (Lipinski definition) is 0. The topological polar surface area (TPSA) is 17.1 Å². The van der Waals surface area contributed by atoms with Crippen LogP contribution in [-0.4, -0.2) is 5.78 Å². The van der Waals surface area contributed by atoms with Crippen molar-refractivity contribution in [2.75, 3.05) is 0 Å². The first-order chi connectivity index (χ1) is 15.3. The van der Waals surface area contributed by atoms with E-state index in [1.54, 1.807) is 0 Å². The van der Waals surface area contributed by atoms with Crippen LogP contribution in [0, 0.1) is 5.92 Å². The molecule has 0 bridgehead atoms. The van der Waals surface area contributed by atoms with Crippen LogP contribution in [0.4, 0.5) is 0 Å². The summed E-state index contributed by atoms with van der Waals surface area (Å²) in [4.78, 5) is 12.9. The van der Waals surface area contributed by atoms with E-state index in [0.29, 0.717) is 11.7 Å². The Morgan fingerprint density at radius 2 is 0.710 bits per heavy atom. The van der Waals surface area contributed by atoms with Gasteiger partial charge in [0.25, 0.3) is 0 Å². The molecule has 0 N–H and O–H groups in total. The van der Waals surface area contributed by atoms with Crippen LogP contribution in [0.15, 0.2) is 0 Å². The number of rotatable bonds is 26. The maximum atomic E-state index is 12.9. The van der Waals surface area contributed by atoms with Crippen LogP contribution >= 0.6 is 0 Å². The lowest BCUT2D eigenvalue weighted by Crippen LogP contribution is -2.14. The number of carbonyl (C=O) groups is 1. The molecule has 1 unspecified atom stereocenters. The summed E-state index contributed by atoms with van der Waals surface area (Å²) in [7, 11) is 0. The molecule has 0 spiro atoms. The van der Waals surface area contributed by atoms with Gasteiger partial charge in [-0.3, -0.25) is 4.79 Å². The van der Waals surface area contributed by atoms with Crippen molar-refractivity contribution in [3.05, 3.63) is 0 Å². The van der Waals surface area contributed by atoms with E-state index in [9.17, 15) is 4.79 Å². The summed E-state index contributed by atoms with van der Waals surface area (Å²) in [5.41, 5.74) is 0. The highest BCUT2D eigenvalue weighted by atomic mass is 16.1. The molecule has 1 heteroatoms. The third-order valence-electron chi connectivity index (χ3n) is 7.04. The highest BCUT2D eigenvalue weighted by Crippen LogP contribution is 2.22. The smallest absolute Gasteiger partial charge is 0.135 e. The average Bonchev–Trinajstić information content (AvgIpc) is 2.78. The SMILES string of the molecule is CCCCCCCCCCCCCCC(=O)C(CCCCCC)CCCCCCCC. The Morgan fingerprint density at radius 3 is 1.10 bits per heavy atom. The molecule has 1 nitrogen and oxygen atoms in total. The molecule has 0 saturated carbocycles. The van der Waals surface area contributed by atoms with Crippen molar-refractivity contribution < 1.29 is 4.79 Å². The molecule has 0 aromatic rings. The van der Waals surface area contributed by atoms with E-state index in [4.69, 9.17) is 0 Å². The van der Waals surface area contributed by atoms with Gasteiger partial charge < -0.3 is 0 Å². The lowest BCUT2D eigenvalue weighted by Gasteiger charge is -2.16. The summed E-state index contributed by atoms with van der Waals surface area (Å²) in [6.45, 7) is 6.84. The van der Waals surface area contributed by atoms with Crippen LogP contribution in [0.1, 0.15) is 181 Å². The van der Waals surface area contributed by atoms with E-state index in [0.717, 1.165) is 25.7 Å². The Bertz CT molecular complexity index is 348. The summed E-state index contributed by atoms with van der Waals surface area (Å²) in [5.74, 6) is 0.966. The first kappa shape index (κ1) is 30.7. The Kier molecular flexibility index (Phi) is 25.7. The molecule has 0 aromatic heterocycles. The minimum atomic E-state index is 0.371. The minimum absolute atomic E-state index is 0.371.